The van der Waals surface area contributed by atoms with Crippen LogP contribution in [0.2, 0.25) is 0 Å². The Balaban J connectivity index is 2.03. The summed E-state index contributed by atoms with van der Waals surface area (Å²) in [6.45, 7) is 0.317. The molecule has 0 saturated heterocycles. The molecule has 0 radical (unpaired) electrons. The lowest BCUT2D eigenvalue weighted by Gasteiger charge is -2.10. The molecule has 0 saturated carbocycles. The highest BCUT2D eigenvalue weighted by Crippen LogP contribution is 2.12. The van der Waals surface area contributed by atoms with Gasteiger partial charge in [0.25, 0.3) is 5.56 Å². The van der Waals surface area contributed by atoms with Gasteiger partial charge in [0.05, 0.1) is 10.9 Å². The number of fused-ring (bicyclic) bond motifs is 1. The van der Waals surface area contributed by atoms with Crippen molar-refractivity contribution in [2.45, 2.75) is 19.4 Å². The van der Waals surface area contributed by atoms with E-state index in [1.165, 1.54) is 0 Å². The smallest absolute Gasteiger partial charge is 0.303 e. The first-order valence-corrected chi connectivity index (χ1v) is 8.09. The molecule has 1 N–H and O–H groups in total. The number of aliphatic carboxylic acids is 1. The highest BCUT2D eigenvalue weighted by atomic mass is 16.4. The maximum Gasteiger partial charge on any atom is 0.303 e. The van der Waals surface area contributed by atoms with Gasteiger partial charge in [0.15, 0.2) is 0 Å². The van der Waals surface area contributed by atoms with Gasteiger partial charge in [0.1, 0.15) is 5.82 Å². The fourth-order valence-corrected chi connectivity index (χ4v) is 2.65. The molecule has 0 fully saturated rings. The predicted molar refractivity (Wildman–Crippen MR) is 98.2 cm³/mol. The van der Waals surface area contributed by atoms with E-state index in [0.717, 1.165) is 5.56 Å². The third-order valence-electron chi connectivity index (χ3n) is 3.89. The van der Waals surface area contributed by atoms with Gasteiger partial charge in [-0.3, -0.25) is 14.2 Å². The first-order valence-electron chi connectivity index (χ1n) is 8.09. The highest BCUT2D eigenvalue weighted by molar-refractivity contribution is 5.79. The first kappa shape index (κ1) is 16.6. The predicted octanol–water partition coefficient (Wildman–Crippen LogP) is 3.43. The monoisotopic (exact) mass is 334 g/mol. The number of benzene rings is 2. The minimum absolute atomic E-state index is 0.0150. The van der Waals surface area contributed by atoms with Gasteiger partial charge in [-0.25, -0.2) is 4.98 Å². The van der Waals surface area contributed by atoms with Crippen LogP contribution in [0.3, 0.4) is 0 Å². The summed E-state index contributed by atoms with van der Waals surface area (Å²) in [4.78, 5) is 28.1. The van der Waals surface area contributed by atoms with Crippen LogP contribution in [0.1, 0.15) is 24.2 Å². The van der Waals surface area contributed by atoms with Gasteiger partial charge in [0.2, 0.25) is 0 Å². The van der Waals surface area contributed by atoms with Crippen molar-refractivity contribution in [3.63, 3.8) is 0 Å². The van der Waals surface area contributed by atoms with Crippen LogP contribution in [0.4, 0.5) is 0 Å². The minimum Gasteiger partial charge on any atom is -0.481 e. The normalized spacial score (nSPS) is 11.2. The Morgan fingerprint density at radius 1 is 1.04 bits per heavy atom. The summed E-state index contributed by atoms with van der Waals surface area (Å²) in [5.74, 6) is -0.346. The molecule has 1 heterocycles. The fourth-order valence-electron chi connectivity index (χ4n) is 2.65. The number of carboxylic acids is 1. The molecule has 5 nitrogen and oxygen atoms in total. The van der Waals surface area contributed by atoms with E-state index in [1.54, 1.807) is 28.8 Å². The van der Waals surface area contributed by atoms with E-state index in [1.807, 2.05) is 42.5 Å². The van der Waals surface area contributed by atoms with Gasteiger partial charge in [0, 0.05) is 13.0 Å². The molecule has 0 atom stereocenters. The van der Waals surface area contributed by atoms with Crippen molar-refractivity contribution in [2.24, 2.45) is 0 Å². The molecule has 0 aliphatic rings. The summed E-state index contributed by atoms with van der Waals surface area (Å²) in [5, 5.41) is 9.37. The third kappa shape index (κ3) is 4.01. The SMILES string of the molecule is O=C(O)CCCn1c(C=Cc2ccccc2)nc2ccccc2c1=O. The second-order valence-corrected chi connectivity index (χ2v) is 5.69. The van der Waals surface area contributed by atoms with Crippen molar-refractivity contribution in [3.05, 3.63) is 76.3 Å². The summed E-state index contributed by atoms with van der Waals surface area (Å²) in [6.07, 6.45) is 4.08. The van der Waals surface area contributed by atoms with Gasteiger partial charge in [-0.15, -0.1) is 0 Å². The molecule has 0 unspecified atom stereocenters. The second kappa shape index (κ2) is 7.57. The summed E-state index contributed by atoms with van der Waals surface area (Å²) in [6, 6.07) is 16.9. The Hall–Kier alpha value is -3.21. The average Bonchev–Trinajstić information content (AvgIpc) is 2.63. The molecule has 0 bridgehead atoms. The van der Waals surface area contributed by atoms with Crippen molar-refractivity contribution in [2.75, 3.05) is 0 Å². The lowest BCUT2D eigenvalue weighted by atomic mass is 10.2. The second-order valence-electron chi connectivity index (χ2n) is 5.69. The molecule has 1 aromatic heterocycles. The van der Waals surface area contributed by atoms with Gasteiger partial charge in [-0.1, -0.05) is 48.5 Å². The third-order valence-corrected chi connectivity index (χ3v) is 3.89. The maximum atomic E-state index is 12.8. The number of hydrogen-bond donors (Lipinski definition) is 1. The molecule has 0 spiro atoms. The number of nitrogens with zero attached hydrogens (tertiary/aromatic N) is 2. The maximum absolute atomic E-state index is 12.8. The number of para-hydroxylation sites is 1. The summed E-state index contributed by atoms with van der Waals surface area (Å²) in [5.41, 5.74) is 1.49. The van der Waals surface area contributed by atoms with E-state index in [0.29, 0.717) is 29.7 Å². The van der Waals surface area contributed by atoms with E-state index < -0.39 is 5.97 Å². The van der Waals surface area contributed by atoms with E-state index >= 15 is 0 Å². The molecular weight excluding hydrogens is 316 g/mol. The molecule has 126 valence electrons. The van der Waals surface area contributed by atoms with Gasteiger partial charge in [-0.2, -0.15) is 0 Å². The number of carbonyl (C=O) groups is 1. The van der Waals surface area contributed by atoms with Crippen LogP contribution in [-0.2, 0) is 11.3 Å². The van der Waals surface area contributed by atoms with Crippen LogP contribution < -0.4 is 5.56 Å². The van der Waals surface area contributed by atoms with Crippen LogP contribution >= 0.6 is 0 Å². The van der Waals surface area contributed by atoms with E-state index in [2.05, 4.69) is 4.98 Å². The Kier molecular flexibility index (Phi) is 5.04. The van der Waals surface area contributed by atoms with Crippen LogP contribution in [0.5, 0.6) is 0 Å². The molecule has 25 heavy (non-hydrogen) atoms. The first-order chi connectivity index (χ1) is 12.1. The number of carboxylic acid groups (broad SMARTS) is 1. The van der Waals surface area contributed by atoms with Crippen LogP contribution in [0.25, 0.3) is 23.1 Å². The Morgan fingerprint density at radius 3 is 2.52 bits per heavy atom. The number of aromatic nitrogens is 2. The van der Waals surface area contributed by atoms with E-state index in [9.17, 15) is 9.59 Å². The fraction of sp³-hybridized carbons (Fsp3) is 0.150. The molecule has 0 amide bonds. The molecule has 0 aliphatic heterocycles. The zero-order valence-corrected chi connectivity index (χ0v) is 13.6. The molecule has 0 aliphatic carbocycles. The summed E-state index contributed by atoms with van der Waals surface area (Å²) in [7, 11) is 0. The van der Waals surface area contributed by atoms with E-state index in [4.69, 9.17) is 5.11 Å². The zero-order valence-electron chi connectivity index (χ0n) is 13.6. The van der Waals surface area contributed by atoms with Gasteiger partial charge < -0.3 is 5.11 Å². The lowest BCUT2D eigenvalue weighted by Crippen LogP contribution is -2.24. The number of hydrogen-bond acceptors (Lipinski definition) is 3. The topological polar surface area (TPSA) is 72.2 Å². The summed E-state index contributed by atoms with van der Waals surface area (Å²) >= 11 is 0. The standard InChI is InChI=1S/C20H18N2O3/c23-19(24)11-6-14-22-18(13-12-15-7-2-1-3-8-15)21-17-10-5-4-9-16(17)20(22)25/h1-5,7-10,12-13H,6,11,14H2,(H,23,24). The molecule has 3 aromatic rings. The lowest BCUT2D eigenvalue weighted by molar-refractivity contribution is -0.137. The van der Waals surface area contributed by atoms with E-state index in [-0.39, 0.29) is 12.0 Å². The Labute approximate surface area is 144 Å². The quantitative estimate of drug-likeness (QED) is 0.749. The van der Waals surface area contributed by atoms with Crippen LogP contribution in [-0.4, -0.2) is 20.6 Å². The van der Waals surface area contributed by atoms with Crippen molar-refractivity contribution >= 4 is 29.0 Å². The average molecular weight is 334 g/mol. The van der Waals surface area contributed by atoms with Crippen LogP contribution in [0, 0.1) is 0 Å². The molecule has 2 aromatic carbocycles. The van der Waals surface area contributed by atoms with Crippen molar-refractivity contribution < 1.29 is 9.90 Å². The number of rotatable bonds is 6. The molecular formula is C20H18N2O3. The van der Waals surface area contributed by atoms with Crippen molar-refractivity contribution in [1.82, 2.24) is 9.55 Å². The molecule has 3 rings (SSSR count). The van der Waals surface area contributed by atoms with Gasteiger partial charge in [-0.05, 0) is 30.2 Å². The minimum atomic E-state index is -0.872. The molecule has 5 heteroatoms. The van der Waals surface area contributed by atoms with Gasteiger partial charge >= 0.3 is 5.97 Å². The highest BCUT2D eigenvalue weighted by Gasteiger charge is 2.09. The van der Waals surface area contributed by atoms with Crippen molar-refractivity contribution in [1.29, 1.82) is 0 Å². The Bertz CT molecular complexity index is 975. The Morgan fingerprint density at radius 2 is 1.76 bits per heavy atom. The van der Waals surface area contributed by atoms with Crippen molar-refractivity contribution in [3.8, 4) is 0 Å². The summed E-state index contributed by atoms with van der Waals surface area (Å²) < 4.78 is 1.55. The van der Waals surface area contributed by atoms with Crippen LogP contribution in [0.15, 0.2) is 59.4 Å². The largest absolute Gasteiger partial charge is 0.481 e. The zero-order chi connectivity index (χ0) is 17.6.